The molecular weight excluding hydrogens is 266 g/mol. The first kappa shape index (κ1) is 17.8. The quantitative estimate of drug-likeness (QED) is 0.615. The van der Waals surface area contributed by atoms with E-state index in [1.165, 1.54) is 6.42 Å². The number of aliphatic hydroxyl groups excluding tert-OH is 1. The number of hydrogen-bond acceptors (Lipinski definition) is 4. The van der Waals surface area contributed by atoms with E-state index in [9.17, 15) is 5.11 Å². The molecule has 21 heavy (non-hydrogen) atoms. The maximum atomic E-state index is 9.87. The number of anilines is 1. The SMILES string of the molecule is CCOc1cccc(NCC(O)COCCCC(C)C)c1. The predicted molar refractivity (Wildman–Crippen MR) is 87.0 cm³/mol. The third-order valence-electron chi connectivity index (χ3n) is 3.07. The van der Waals surface area contributed by atoms with Crippen LogP contribution in [0, 0.1) is 5.92 Å². The minimum Gasteiger partial charge on any atom is -0.494 e. The average molecular weight is 295 g/mol. The molecule has 0 heterocycles. The van der Waals surface area contributed by atoms with Crippen molar-refractivity contribution in [1.29, 1.82) is 0 Å². The second kappa shape index (κ2) is 10.5. The van der Waals surface area contributed by atoms with Gasteiger partial charge in [-0.2, -0.15) is 0 Å². The van der Waals surface area contributed by atoms with Gasteiger partial charge in [0.25, 0.3) is 0 Å². The molecule has 0 saturated carbocycles. The van der Waals surface area contributed by atoms with Crippen molar-refractivity contribution in [3.05, 3.63) is 24.3 Å². The molecule has 1 atom stereocenters. The Kier molecular flexibility index (Phi) is 8.87. The normalized spacial score (nSPS) is 12.4. The Morgan fingerprint density at radius 2 is 2.10 bits per heavy atom. The van der Waals surface area contributed by atoms with Crippen molar-refractivity contribution in [2.45, 2.75) is 39.7 Å². The summed E-state index contributed by atoms with van der Waals surface area (Å²) in [5.41, 5.74) is 0.944. The summed E-state index contributed by atoms with van der Waals surface area (Å²) >= 11 is 0. The van der Waals surface area contributed by atoms with E-state index in [0.717, 1.165) is 24.5 Å². The molecule has 0 bridgehead atoms. The number of rotatable bonds is 11. The van der Waals surface area contributed by atoms with E-state index in [-0.39, 0.29) is 0 Å². The second-order valence-corrected chi connectivity index (χ2v) is 5.61. The van der Waals surface area contributed by atoms with Crippen molar-refractivity contribution in [1.82, 2.24) is 0 Å². The van der Waals surface area contributed by atoms with Crippen LogP contribution in [0.5, 0.6) is 5.75 Å². The highest BCUT2D eigenvalue weighted by Crippen LogP contribution is 2.17. The van der Waals surface area contributed by atoms with Crippen molar-refractivity contribution in [2.75, 3.05) is 31.7 Å². The standard InChI is InChI=1S/C17H29NO3/c1-4-21-17-9-5-8-15(11-17)18-12-16(19)13-20-10-6-7-14(2)3/h5,8-9,11,14,16,18-19H,4,6-7,10,12-13H2,1-3H3. The van der Waals surface area contributed by atoms with Gasteiger partial charge in [0, 0.05) is 24.9 Å². The van der Waals surface area contributed by atoms with E-state index in [4.69, 9.17) is 9.47 Å². The maximum Gasteiger partial charge on any atom is 0.121 e. The van der Waals surface area contributed by atoms with Crippen molar-refractivity contribution < 1.29 is 14.6 Å². The first-order chi connectivity index (χ1) is 10.1. The van der Waals surface area contributed by atoms with Gasteiger partial charge in [0.1, 0.15) is 5.75 Å². The number of nitrogens with one attached hydrogen (secondary N) is 1. The van der Waals surface area contributed by atoms with Gasteiger partial charge in [-0.25, -0.2) is 0 Å². The second-order valence-electron chi connectivity index (χ2n) is 5.61. The molecule has 120 valence electrons. The largest absolute Gasteiger partial charge is 0.494 e. The van der Waals surface area contributed by atoms with Crippen LogP contribution in [0.1, 0.15) is 33.6 Å². The topological polar surface area (TPSA) is 50.7 Å². The molecule has 1 aromatic rings. The summed E-state index contributed by atoms with van der Waals surface area (Å²) in [5, 5.41) is 13.1. The van der Waals surface area contributed by atoms with Crippen molar-refractivity contribution in [3.8, 4) is 5.75 Å². The van der Waals surface area contributed by atoms with Gasteiger partial charge < -0.3 is 19.9 Å². The van der Waals surface area contributed by atoms with Gasteiger partial charge in [0.05, 0.1) is 19.3 Å². The van der Waals surface area contributed by atoms with E-state index in [1.807, 2.05) is 31.2 Å². The summed E-state index contributed by atoms with van der Waals surface area (Å²) in [4.78, 5) is 0. The molecule has 0 aromatic heterocycles. The Bertz CT molecular complexity index is 382. The maximum absolute atomic E-state index is 9.87. The Morgan fingerprint density at radius 1 is 1.29 bits per heavy atom. The number of ether oxygens (including phenoxy) is 2. The summed E-state index contributed by atoms with van der Waals surface area (Å²) in [5.74, 6) is 1.54. The number of benzene rings is 1. The molecule has 1 unspecified atom stereocenters. The highest BCUT2D eigenvalue weighted by atomic mass is 16.5. The minimum absolute atomic E-state index is 0.371. The van der Waals surface area contributed by atoms with Crippen LogP contribution in [0.3, 0.4) is 0 Å². The fourth-order valence-corrected chi connectivity index (χ4v) is 1.97. The third-order valence-corrected chi connectivity index (χ3v) is 3.07. The molecule has 0 aliphatic rings. The fourth-order valence-electron chi connectivity index (χ4n) is 1.97. The van der Waals surface area contributed by atoms with Gasteiger partial charge in [-0.1, -0.05) is 19.9 Å². The van der Waals surface area contributed by atoms with E-state index < -0.39 is 6.10 Å². The third kappa shape index (κ3) is 8.58. The summed E-state index contributed by atoms with van der Waals surface area (Å²) in [6.45, 7) is 8.58. The average Bonchev–Trinajstić information content (AvgIpc) is 2.45. The smallest absolute Gasteiger partial charge is 0.121 e. The highest BCUT2D eigenvalue weighted by Gasteiger charge is 2.05. The molecule has 2 N–H and O–H groups in total. The van der Waals surface area contributed by atoms with Crippen LogP contribution in [0.4, 0.5) is 5.69 Å². The Hall–Kier alpha value is -1.26. The summed E-state index contributed by atoms with van der Waals surface area (Å²) in [6, 6.07) is 7.74. The lowest BCUT2D eigenvalue weighted by molar-refractivity contribution is 0.0409. The van der Waals surface area contributed by atoms with Crippen LogP contribution in [0.15, 0.2) is 24.3 Å². The van der Waals surface area contributed by atoms with Crippen LogP contribution in [0.2, 0.25) is 0 Å². The van der Waals surface area contributed by atoms with Gasteiger partial charge in [-0.3, -0.25) is 0 Å². The Morgan fingerprint density at radius 3 is 2.81 bits per heavy atom. The number of aliphatic hydroxyl groups is 1. The minimum atomic E-state index is -0.500. The lowest BCUT2D eigenvalue weighted by Crippen LogP contribution is -2.25. The zero-order chi connectivity index (χ0) is 15.5. The van der Waals surface area contributed by atoms with E-state index >= 15 is 0 Å². The molecule has 4 heteroatoms. The molecule has 0 aliphatic carbocycles. The fraction of sp³-hybridized carbons (Fsp3) is 0.647. The highest BCUT2D eigenvalue weighted by molar-refractivity contribution is 5.48. The molecule has 0 fully saturated rings. The van der Waals surface area contributed by atoms with Crippen LogP contribution in [0.25, 0.3) is 0 Å². The lowest BCUT2D eigenvalue weighted by Gasteiger charge is -2.14. The van der Waals surface area contributed by atoms with Crippen molar-refractivity contribution >= 4 is 5.69 Å². The van der Waals surface area contributed by atoms with Crippen LogP contribution >= 0.6 is 0 Å². The summed E-state index contributed by atoms with van der Waals surface area (Å²) in [6.07, 6.45) is 1.71. The first-order valence-electron chi connectivity index (χ1n) is 7.84. The molecule has 0 radical (unpaired) electrons. The van der Waals surface area contributed by atoms with E-state index in [0.29, 0.717) is 25.7 Å². The first-order valence-corrected chi connectivity index (χ1v) is 7.84. The van der Waals surface area contributed by atoms with Crippen LogP contribution in [-0.4, -0.2) is 37.6 Å². The molecule has 0 amide bonds. The molecule has 0 aliphatic heterocycles. The van der Waals surface area contributed by atoms with Crippen molar-refractivity contribution in [2.24, 2.45) is 5.92 Å². The molecule has 0 spiro atoms. The summed E-state index contributed by atoms with van der Waals surface area (Å²) < 4.78 is 10.9. The van der Waals surface area contributed by atoms with Gasteiger partial charge in [0.15, 0.2) is 0 Å². The van der Waals surface area contributed by atoms with Gasteiger partial charge >= 0.3 is 0 Å². The predicted octanol–water partition coefficient (Wildman–Crippen LogP) is 3.31. The Balaban J connectivity index is 2.17. The Labute approximate surface area is 128 Å². The molecule has 4 nitrogen and oxygen atoms in total. The van der Waals surface area contributed by atoms with E-state index in [1.54, 1.807) is 0 Å². The van der Waals surface area contributed by atoms with Crippen LogP contribution < -0.4 is 10.1 Å². The number of hydrogen-bond donors (Lipinski definition) is 2. The summed E-state index contributed by atoms with van der Waals surface area (Å²) in [7, 11) is 0. The van der Waals surface area contributed by atoms with E-state index in [2.05, 4.69) is 19.2 Å². The van der Waals surface area contributed by atoms with Gasteiger partial charge in [0.2, 0.25) is 0 Å². The van der Waals surface area contributed by atoms with Crippen LogP contribution in [-0.2, 0) is 4.74 Å². The zero-order valence-corrected chi connectivity index (χ0v) is 13.5. The molecule has 1 rings (SSSR count). The zero-order valence-electron chi connectivity index (χ0n) is 13.5. The van der Waals surface area contributed by atoms with Gasteiger partial charge in [-0.05, 0) is 37.8 Å². The van der Waals surface area contributed by atoms with Crippen molar-refractivity contribution in [3.63, 3.8) is 0 Å². The monoisotopic (exact) mass is 295 g/mol. The van der Waals surface area contributed by atoms with Gasteiger partial charge in [-0.15, -0.1) is 0 Å². The molecular formula is C17H29NO3. The lowest BCUT2D eigenvalue weighted by atomic mass is 10.1. The molecule has 0 saturated heterocycles. The molecule has 1 aromatic carbocycles.